The molecule has 0 spiro atoms. The van der Waals surface area contributed by atoms with Crippen LogP contribution in [0.1, 0.15) is 34.0 Å². The number of nitrogens with zero attached hydrogens (tertiary/aromatic N) is 4. The summed E-state index contributed by atoms with van der Waals surface area (Å²) in [5.41, 5.74) is 4.16. The lowest BCUT2D eigenvalue weighted by atomic mass is 10.00. The van der Waals surface area contributed by atoms with Crippen LogP contribution in [-0.4, -0.2) is 78.7 Å². The summed E-state index contributed by atoms with van der Waals surface area (Å²) in [6.07, 6.45) is 0.636. The van der Waals surface area contributed by atoms with Crippen molar-refractivity contribution in [3.05, 3.63) is 64.7 Å². The number of rotatable bonds is 6. The Hall–Kier alpha value is -2.95. The molecule has 0 unspecified atom stereocenters. The van der Waals surface area contributed by atoms with Crippen LogP contribution in [0.2, 0.25) is 0 Å². The van der Waals surface area contributed by atoms with Crippen molar-refractivity contribution in [2.24, 2.45) is 0 Å². The van der Waals surface area contributed by atoms with Crippen LogP contribution in [0.25, 0.3) is 0 Å². The van der Waals surface area contributed by atoms with Crippen molar-refractivity contribution in [1.82, 2.24) is 13.5 Å². The highest BCUT2D eigenvalue weighted by Gasteiger charge is 2.31. The number of carboxylic acids is 1. The second-order valence-electron chi connectivity index (χ2n) is 8.80. The second kappa shape index (κ2) is 9.73. The van der Waals surface area contributed by atoms with Gasteiger partial charge in [-0.3, -0.25) is 4.79 Å². The van der Waals surface area contributed by atoms with Gasteiger partial charge in [0.05, 0.1) is 5.56 Å². The Balaban J connectivity index is 1.41. The lowest BCUT2D eigenvalue weighted by Gasteiger charge is -2.36. The van der Waals surface area contributed by atoms with Gasteiger partial charge < -0.3 is 14.9 Å². The summed E-state index contributed by atoms with van der Waals surface area (Å²) >= 11 is 0. The van der Waals surface area contributed by atoms with E-state index in [2.05, 4.69) is 11.0 Å². The Morgan fingerprint density at radius 1 is 0.971 bits per heavy atom. The molecule has 0 aromatic heterocycles. The first-order valence-electron chi connectivity index (χ1n) is 11.3. The molecule has 1 N–H and O–H groups in total. The predicted octanol–water partition coefficient (Wildman–Crippen LogP) is 1.79. The molecule has 4 rings (SSSR count). The fourth-order valence-corrected chi connectivity index (χ4v) is 5.81. The number of aromatic carboxylic acids is 1. The topological polar surface area (TPSA) is 101 Å². The maximum atomic E-state index is 13.2. The van der Waals surface area contributed by atoms with Crippen LogP contribution in [0, 0.1) is 0 Å². The van der Waals surface area contributed by atoms with Crippen molar-refractivity contribution in [3.63, 3.8) is 0 Å². The van der Waals surface area contributed by atoms with Crippen LogP contribution >= 0.6 is 0 Å². The van der Waals surface area contributed by atoms with Crippen molar-refractivity contribution < 1.29 is 23.1 Å². The monoisotopic (exact) mass is 486 g/mol. The number of hydrogen-bond donors (Lipinski definition) is 1. The lowest BCUT2D eigenvalue weighted by Crippen LogP contribution is -2.48. The molecule has 2 aromatic carbocycles. The summed E-state index contributed by atoms with van der Waals surface area (Å²) in [5.74, 6) is -0.908. The summed E-state index contributed by atoms with van der Waals surface area (Å²) < 4.78 is 29.2. The van der Waals surface area contributed by atoms with Crippen molar-refractivity contribution >= 4 is 27.8 Å². The molecule has 0 saturated carbocycles. The molecule has 0 radical (unpaired) electrons. The minimum Gasteiger partial charge on any atom is -0.478 e. The standard InChI is InChI=1S/C24H30N4O5S/c1-18(29)26-11-13-27(14-12-26)23-8-7-22-17-28(10-9-21(22)15-23)34(32,33)25(2)16-19-3-5-20(6-4-19)24(30)31/h3-8,15H,9-14,16-17H2,1-2H3,(H,30,31). The van der Waals surface area contributed by atoms with Crippen molar-refractivity contribution in [3.8, 4) is 0 Å². The molecule has 1 fully saturated rings. The number of anilines is 1. The molecule has 2 heterocycles. The van der Waals surface area contributed by atoms with Gasteiger partial charge in [0.25, 0.3) is 10.2 Å². The average molecular weight is 487 g/mol. The molecule has 1 saturated heterocycles. The third-order valence-corrected chi connectivity index (χ3v) is 8.46. The van der Waals surface area contributed by atoms with E-state index in [1.54, 1.807) is 26.1 Å². The number of amides is 1. The second-order valence-corrected chi connectivity index (χ2v) is 10.8. The molecule has 0 bridgehead atoms. The molecule has 34 heavy (non-hydrogen) atoms. The van der Waals surface area contributed by atoms with Gasteiger partial charge in [-0.15, -0.1) is 0 Å². The molecule has 1 amide bonds. The van der Waals surface area contributed by atoms with Crippen molar-refractivity contribution in [2.75, 3.05) is 44.7 Å². The number of carbonyl (C=O) groups is 2. The van der Waals surface area contributed by atoms with E-state index < -0.39 is 16.2 Å². The number of hydrogen-bond acceptors (Lipinski definition) is 5. The van der Waals surface area contributed by atoms with Gasteiger partial charge in [-0.1, -0.05) is 18.2 Å². The van der Waals surface area contributed by atoms with Gasteiger partial charge >= 0.3 is 5.97 Å². The summed E-state index contributed by atoms with van der Waals surface area (Å²) in [5, 5.41) is 9.03. The number of fused-ring (bicyclic) bond motifs is 1. The quantitative estimate of drug-likeness (QED) is 0.668. The summed E-state index contributed by atoms with van der Waals surface area (Å²) in [7, 11) is -2.13. The molecule has 2 aliphatic heterocycles. The van der Waals surface area contributed by atoms with E-state index in [9.17, 15) is 18.0 Å². The predicted molar refractivity (Wildman–Crippen MR) is 129 cm³/mol. The SMILES string of the molecule is CC(=O)N1CCN(c2ccc3c(c2)CCN(S(=O)(=O)N(C)Cc2ccc(C(=O)O)cc2)C3)CC1. The first kappa shape index (κ1) is 24.2. The smallest absolute Gasteiger partial charge is 0.335 e. The Morgan fingerprint density at radius 2 is 1.65 bits per heavy atom. The van der Waals surface area contributed by atoms with Gasteiger partial charge in [0.2, 0.25) is 5.91 Å². The highest BCUT2D eigenvalue weighted by Crippen LogP contribution is 2.28. The van der Waals surface area contributed by atoms with E-state index in [4.69, 9.17) is 5.11 Å². The van der Waals surface area contributed by atoms with E-state index in [0.29, 0.717) is 32.6 Å². The Morgan fingerprint density at radius 3 is 2.26 bits per heavy atom. The molecule has 2 aromatic rings. The minimum absolute atomic E-state index is 0.105. The number of carbonyl (C=O) groups excluding carboxylic acids is 1. The summed E-state index contributed by atoms with van der Waals surface area (Å²) in [6.45, 7) is 5.48. The van der Waals surface area contributed by atoms with Crippen LogP contribution < -0.4 is 4.90 Å². The normalized spacial score (nSPS) is 17.0. The van der Waals surface area contributed by atoms with Crippen LogP contribution in [0.3, 0.4) is 0 Å². The highest BCUT2D eigenvalue weighted by molar-refractivity contribution is 7.86. The van der Waals surface area contributed by atoms with Crippen LogP contribution in [0.15, 0.2) is 42.5 Å². The molecule has 0 atom stereocenters. The maximum absolute atomic E-state index is 13.2. The molecule has 2 aliphatic rings. The summed E-state index contributed by atoms with van der Waals surface area (Å²) in [4.78, 5) is 26.7. The third-order valence-electron chi connectivity index (χ3n) is 6.58. The van der Waals surface area contributed by atoms with E-state index >= 15 is 0 Å². The largest absolute Gasteiger partial charge is 0.478 e. The van der Waals surface area contributed by atoms with Gasteiger partial charge in [0.1, 0.15) is 0 Å². The van der Waals surface area contributed by atoms with E-state index in [0.717, 1.165) is 35.5 Å². The zero-order valence-corrected chi connectivity index (χ0v) is 20.3. The van der Waals surface area contributed by atoms with Gasteiger partial charge in [-0.2, -0.15) is 17.0 Å². The number of benzene rings is 2. The molecule has 9 nitrogen and oxygen atoms in total. The van der Waals surface area contributed by atoms with Crippen LogP contribution in [-0.2, 0) is 34.5 Å². The van der Waals surface area contributed by atoms with Gasteiger partial charge in [0.15, 0.2) is 0 Å². The van der Waals surface area contributed by atoms with E-state index in [-0.39, 0.29) is 18.0 Å². The zero-order chi connectivity index (χ0) is 24.5. The molecule has 0 aliphatic carbocycles. The van der Waals surface area contributed by atoms with E-state index in [1.807, 2.05) is 17.0 Å². The zero-order valence-electron chi connectivity index (χ0n) is 19.5. The Labute approximate surface area is 200 Å². The Kier molecular flexibility index (Phi) is 6.92. The first-order valence-corrected chi connectivity index (χ1v) is 12.7. The maximum Gasteiger partial charge on any atom is 0.335 e. The lowest BCUT2D eigenvalue weighted by molar-refractivity contribution is -0.129. The minimum atomic E-state index is -3.67. The average Bonchev–Trinajstić information content (AvgIpc) is 2.83. The Bertz CT molecular complexity index is 1170. The van der Waals surface area contributed by atoms with Gasteiger partial charge in [0, 0.05) is 65.5 Å². The number of piperazine rings is 1. The molecular weight excluding hydrogens is 456 g/mol. The van der Waals surface area contributed by atoms with Crippen molar-refractivity contribution in [2.45, 2.75) is 26.4 Å². The van der Waals surface area contributed by atoms with Crippen LogP contribution in [0.5, 0.6) is 0 Å². The fourth-order valence-electron chi connectivity index (χ4n) is 4.48. The van der Waals surface area contributed by atoms with E-state index in [1.165, 1.54) is 20.7 Å². The summed E-state index contributed by atoms with van der Waals surface area (Å²) in [6, 6.07) is 12.4. The van der Waals surface area contributed by atoms with Gasteiger partial charge in [-0.25, -0.2) is 4.79 Å². The first-order chi connectivity index (χ1) is 16.1. The highest BCUT2D eigenvalue weighted by atomic mass is 32.2. The molecule has 10 heteroatoms. The third kappa shape index (κ3) is 5.08. The number of carboxylic acid groups (broad SMARTS) is 1. The molecule has 182 valence electrons. The van der Waals surface area contributed by atoms with Crippen molar-refractivity contribution in [1.29, 1.82) is 0 Å². The fraction of sp³-hybridized carbons (Fsp3) is 0.417. The van der Waals surface area contributed by atoms with Crippen LogP contribution in [0.4, 0.5) is 5.69 Å². The van der Waals surface area contributed by atoms with Gasteiger partial charge in [-0.05, 0) is 47.4 Å². The molecular formula is C24H30N4O5S.